The van der Waals surface area contributed by atoms with E-state index in [1.807, 2.05) is 12.1 Å². The molecule has 3 aromatic rings. The van der Waals surface area contributed by atoms with E-state index in [9.17, 15) is 4.79 Å². The number of aryl methyl sites for hydroxylation is 1. The number of hydrogen-bond donors (Lipinski definition) is 1. The van der Waals surface area contributed by atoms with Crippen LogP contribution in [0.2, 0.25) is 10.0 Å². The van der Waals surface area contributed by atoms with E-state index in [1.54, 1.807) is 36.4 Å². The average Bonchev–Trinajstić information content (AvgIpc) is 3.10. The number of rotatable bonds is 5. The first-order valence-corrected chi connectivity index (χ1v) is 10.1. The van der Waals surface area contributed by atoms with Gasteiger partial charge in [-0.25, -0.2) is 0 Å². The molecule has 6 heteroatoms. The van der Waals surface area contributed by atoms with Crippen molar-refractivity contribution in [3.63, 3.8) is 0 Å². The smallest absolute Gasteiger partial charge is 0.248 e. The molecule has 0 saturated heterocycles. The Hall–Kier alpha value is -1.76. The number of nitrogens with one attached hydrogen (secondary N) is 1. The van der Waals surface area contributed by atoms with Crippen molar-refractivity contribution < 1.29 is 9.21 Å². The van der Waals surface area contributed by atoms with Crippen LogP contribution in [0, 0.1) is 3.57 Å². The maximum Gasteiger partial charge on any atom is 0.248 e. The summed E-state index contributed by atoms with van der Waals surface area (Å²) in [5.74, 6) is 0.959. The fourth-order valence-electron chi connectivity index (χ4n) is 2.59. The van der Waals surface area contributed by atoms with Crippen molar-refractivity contribution in [2.45, 2.75) is 13.3 Å². The molecule has 3 rings (SSSR count). The highest BCUT2D eigenvalue weighted by atomic mass is 127. The highest BCUT2D eigenvalue weighted by Gasteiger charge is 2.09. The van der Waals surface area contributed by atoms with Gasteiger partial charge in [0.05, 0.1) is 5.02 Å². The Labute approximate surface area is 181 Å². The van der Waals surface area contributed by atoms with Gasteiger partial charge in [0.15, 0.2) is 0 Å². The van der Waals surface area contributed by atoms with E-state index in [4.69, 9.17) is 27.6 Å². The summed E-state index contributed by atoms with van der Waals surface area (Å²) in [4.78, 5) is 12.2. The van der Waals surface area contributed by atoms with Crippen LogP contribution in [-0.2, 0) is 11.2 Å². The molecule has 2 aromatic carbocycles. The topological polar surface area (TPSA) is 42.2 Å². The van der Waals surface area contributed by atoms with Crippen LogP contribution < -0.4 is 5.32 Å². The third kappa shape index (κ3) is 5.15. The van der Waals surface area contributed by atoms with Crippen LogP contribution in [0.5, 0.6) is 0 Å². The molecule has 0 saturated carbocycles. The number of hydrogen-bond acceptors (Lipinski definition) is 2. The van der Waals surface area contributed by atoms with E-state index >= 15 is 0 Å². The summed E-state index contributed by atoms with van der Waals surface area (Å²) in [5.41, 5.74) is 2.67. The first kappa shape index (κ1) is 20.0. The van der Waals surface area contributed by atoms with Crippen molar-refractivity contribution >= 4 is 63.5 Å². The number of furan rings is 1. The Morgan fingerprint density at radius 3 is 2.70 bits per heavy atom. The zero-order chi connectivity index (χ0) is 19.4. The van der Waals surface area contributed by atoms with Gasteiger partial charge in [-0.2, -0.15) is 0 Å². The van der Waals surface area contributed by atoms with Gasteiger partial charge in [-0.3, -0.25) is 4.79 Å². The Balaban J connectivity index is 1.71. The molecular formula is C21H16Cl2INO2. The van der Waals surface area contributed by atoms with Crippen LogP contribution in [0.4, 0.5) is 5.69 Å². The summed E-state index contributed by atoms with van der Waals surface area (Å²) >= 11 is 14.4. The molecule has 138 valence electrons. The maximum atomic E-state index is 12.2. The number of amides is 1. The van der Waals surface area contributed by atoms with Gasteiger partial charge in [-0.05, 0) is 89.2 Å². The lowest BCUT2D eigenvalue weighted by molar-refractivity contribution is -0.111. The summed E-state index contributed by atoms with van der Waals surface area (Å²) in [5, 5.41) is 3.98. The predicted octanol–water partition coefficient (Wildman–Crippen LogP) is 7.07. The van der Waals surface area contributed by atoms with Crippen LogP contribution >= 0.6 is 45.8 Å². The lowest BCUT2D eigenvalue weighted by Gasteiger charge is -2.08. The number of anilines is 1. The Morgan fingerprint density at radius 1 is 1.15 bits per heavy atom. The molecule has 0 aliphatic rings. The van der Waals surface area contributed by atoms with E-state index in [1.165, 1.54) is 6.08 Å². The number of carbonyl (C=O) groups excluding carboxylic acids is 1. The van der Waals surface area contributed by atoms with Crippen LogP contribution in [-0.4, -0.2) is 5.91 Å². The molecule has 27 heavy (non-hydrogen) atoms. The van der Waals surface area contributed by atoms with Crippen LogP contribution in [0.25, 0.3) is 17.4 Å². The third-order valence-electron chi connectivity index (χ3n) is 3.93. The van der Waals surface area contributed by atoms with Crippen LogP contribution in [0.15, 0.2) is 59.0 Å². The monoisotopic (exact) mass is 511 g/mol. The molecule has 3 nitrogen and oxygen atoms in total. The van der Waals surface area contributed by atoms with Gasteiger partial charge in [0.2, 0.25) is 5.91 Å². The zero-order valence-electron chi connectivity index (χ0n) is 14.4. The Kier molecular flexibility index (Phi) is 6.63. The molecule has 0 radical (unpaired) electrons. The molecular weight excluding hydrogens is 496 g/mol. The zero-order valence-corrected chi connectivity index (χ0v) is 18.1. The Morgan fingerprint density at radius 2 is 1.96 bits per heavy atom. The summed E-state index contributed by atoms with van der Waals surface area (Å²) < 4.78 is 6.90. The summed E-state index contributed by atoms with van der Waals surface area (Å²) in [6, 6.07) is 14.7. The summed E-state index contributed by atoms with van der Waals surface area (Å²) in [6.07, 6.45) is 3.92. The minimum atomic E-state index is -0.214. The number of halogens is 3. The molecule has 0 unspecified atom stereocenters. The van der Waals surface area contributed by atoms with E-state index in [0.717, 1.165) is 26.8 Å². The predicted molar refractivity (Wildman–Crippen MR) is 120 cm³/mol. The van der Waals surface area contributed by atoms with Crippen LogP contribution in [0.3, 0.4) is 0 Å². The minimum Gasteiger partial charge on any atom is -0.457 e. The van der Waals surface area contributed by atoms with Gasteiger partial charge in [0, 0.05) is 25.9 Å². The van der Waals surface area contributed by atoms with Gasteiger partial charge < -0.3 is 9.73 Å². The molecule has 0 bridgehead atoms. The average molecular weight is 512 g/mol. The molecule has 1 aromatic heterocycles. The van der Waals surface area contributed by atoms with Crippen LogP contribution in [0.1, 0.15) is 18.2 Å². The molecule has 0 aliphatic heterocycles. The lowest BCUT2D eigenvalue weighted by atomic mass is 10.1. The fourth-order valence-corrected chi connectivity index (χ4v) is 3.64. The molecule has 0 atom stereocenters. The summed E-state index contributed by atoms with van der Waals surface area (Å²) in [6.45, 7) is 2.06. The third-order valence-corrected chi connectivity index (χ3v) is 5.15. The maximum absolute atomic E-state index is 12.2. The second kappa shape index (κ2) is 8.95. The van der Waals surface area contributed by atoms with Gasteiger partial charge in [-0.1, -0.05) is 30.1 Å². The molecule has 1 N–H and O–H groups in total. The van der Waals surface area contributed by atoms with E-state index < -0.39 is 0 Å². The number of benzene rings is 2. The molecule has 0 aliphatic carbocycles. The van der Waals surface area contributed by atoms with Crippen molar-refractivity contribution in [1.82, 2.24) is 0 Å². The van der Waals surface area contributed by atoms with Crippen molar-refractivity contribution in [3.8, 4) is 11.3 Å². The highest BCUT2D eigenvalue weighted by molar-refractivity contribution is 14.1. The molecule has 1 amide bonds. The van der Waals surface area contributed by atoms with Crippen molar-refractivity contribution in [1.29, 1.82) is 0 Å². The Bertz CT molecular complexity index is 1010. The second-order valence-electron chi connectivity index (χ2n) is 5.80. The van der Waals surface area contributed by atoms with Gasteiger partial charge in [0.1, 0.15) is 11.5 Å². The highest BCUT2D eigenvalue weighted by Crippen LogP contribution is 2.31. The standard InChI is InChI=1S/C21H16Cl2INO2/c1-2-13-11-15(24)4-8-19(13)25-21(26)10-6-16-5-9-20(27-16)17-7-3-14(22)12-18(17)23/h3-12H,2H2,1H3,(H,25,26)/b10-6+. The van der Waals surface area contributed by atoms with Gasteiger partial charge in [-0.15, -0.1) is 0 Å². The minimum absolute atomic E-state index is 0.214. The quantitative estimate of drug-likeness (QED) is 0.294. The van der Waals surface area contributed by atoms with Crippen molar-refractivity contribution in [2.24, 2.45) is 0 Å². The first-order valence-electron chi connectivity index (χ1n) is 8.29. The normalized spacial score (nSPS) is 11.1. The molecule has 0 spiro atoms. The first-order chi connectivity index (χ1) is 13.0. The lowest BCUT2D eigenvalue weighted by Crippen LogP contribution is -2.09. The summed E-state index contributed by atoms with van der Waals surface area (Å²) in [7, 11) is 0. The number of carbonyl (C=O) groups is 1. The van der Waals surface area contributed by atoms with Gasteiger partial charge >= 0.3 is 0 Å². The largest absolute Gasteiger partial charge is 0.457 e. The van der Waals surface area contributed by atoms with Crippen molar-refractivity contribution in [3.05, 3.63) is 79.5 Å². The second-order valence-corrected chi connectivity index (χ2v) is 7.89. The molecule has 1 heterocycles. The van der Waals surface area contributed by atoms with E-state index in [0.29, 0.717) is 21.6 Å². The SMILES string of the molecule is CCc1cc(I)ccc1NC(=O)/C=C/c1ccc(-c2ccc(Cl)cc2Cl)o1. The van der Waals surface area contributed by atoms with E-state index in [2.05, 4.69) is 40.9 Å². The fraction of sp³-hybridized carbons (Fsp3) is 0.0952. The van der Waals surface area contributed by atoms with Gasteiger partial charge in [0.25, 0.3) is 0 Å². The molecule has 0 fully saturated rings. The van der Waals surface area contributed by atoms with E-state index in [-0.39, 0.29) is 5.91 Å². The van der Waals surface area contributed by atoms with Crippen molar-refractivity contribution in [2.75, 3.05) is 5.32 Å².